The van der Waals surface area contributed by atoms with E-state index in [0.29, 0.717) is 0 Å². The fourth-order valence-corrected chi connectivity index (χ4v) is 3.26. The van der Waals surface area contributed by atoms with Crippen LogP contribution in [0.2, 0.25) is 0 Å². The summed E-state index contributed by atoms with van der Waals surface area (Å²) in [6.45, 7) is 9.82. The minimum atomic E-state index is 0.909. The van der Waals surface area contributed by atoms with E-state index in [2.05, 4.69) is 24.1 Å². The normalized spacial score (nSPS) is 36.0. The van der Waals surface area contributed by atoms with E-state index in [1.807, 2.05) is 0 Å². The number of hydrogen-bond donors (Lipinski definition) is 1. The van der Waals surface area contributed by atoms with Gasteiger partial charge >= 0.3 is 0 Å². The predicted octanol–water partition coefficient (Wildman–Crippen LogP) is 2.50. The Kier molecular flexibility index (Phi) is 4.66. The second-order valence-electron chi connectivity index (χ2n) is 5.85. The van der Waals surface area contributed by atoms with Gasteiger partial charge in [-0.05, 0) is 63.6 Å². The number of nitrogens with zero attached hydrogens (tertiary/aromatic N) is 1. The fourth-order valence-electron chi connectivity index (χ4n) is 3.26. The van der Waals surface area contributed by atoms with E-state index in [4.69, 9.17) is 0 Å². The number of piperidine rings is 1. The summed E-state index contributed by atoms with van der Waals surface area (Å²) in [5.41, 5.74) is 0. The van der Waals surface area contributed by atoms with Gasteiger partial charge in [-0.1, -0.05) is 13.8 Å². The highest BCUT2D eigenvalue weighted by molar-refractivity contribution is 4.91. The third kappa shape index (κ3) is 2.98. The van der Waals surface area contributed by atoms with Crippen LogP contribution in [0.3, 0.4) is 0 Å². The van der Waals surface area contributed by atoms with Crippen LogP contribution in [0, 0.1) is 11.8 Å². The summed E-state index contributed by atoms with van der Waals surface area (Å²) in [4.78, 5) is 2.77. The summed E-state index contributed by atoms with van der Waals surface area (Å²) >= 11 is 0. The maximum absolute atomic E-state index is 3.59. The van der Waals surface area contributed by atoms with Crippen LogP contribution in [0.4, 0.5) is 0 Å². The van der Waals surface area contributed by atoms with Crippen molar-refractivity contribution in [3.8, 4) is 0 Å². The zero-order chi connectivity index (χ0) is 11.4. The minimum absolute atomic E-state index is 0.909. The molecule has 0 aromatic rings. The summed E-state index contributed by atoms with van der Waals surface area (Å²) in [6, 6.07) is 0.909. The Hall–Kier alpha value is -0.0800. The molecule has 0 radical (unpaired) electrons. The highest BCUT2D eigenvalue weighted by Gasteiger charge is 2.36. The zero-order valence-electron chi connectivity index (χ0n) is 11.0. The molecule has 94 valence electrons. The summed E-state index contributed by atoms with van der Waals surface area (Å²) in [7, 11) is 0. The maximum Gasteiger partial charge on any atom is 0.0136 e. The Morgan fingerprint density at radius 2 is 2.12 bits per heavy atom. The summed E-state index contributed by atoms with van der Waals surface area (Å²) in [5.74, 6) is 1.87. The average molecular weight is 224 g/mol. The molecule has 1 aliphatic heterocycles. The van der Waals surface area contributed by atoms with Gasteiger partial charge in [0, 0.05) is 12.6 Å². The van der Waals surface area contributed by atoms with Crippen molar-refractivity contribution in [2.24, 2.45) is 11.8 Å². The largest absolute Gasteiger partial charge is 0.316 e. The minimum Gasteiger partial charge on any atom is -0.316 e. The van der Waals surface area contributed by atoms with Crippen molar-refractivity contribution in [1.29, 1.82) is 0 Å². The first-order valence-electron chi connectivity index (χ1n) is 7.26. The highest BCUT2D eigenvalue weighted by Crippen LogP contribution is 2.34. The van der Waals surface area contributed by atoms with E-state index in [1.165, 1.54) is 58.3 Å². The molecule has 0 spiro atoms. The first-order chi connectivity index (χ1) is 7.81. The van der Waals surface area contributed by atoms with Crippen LogP contribution in [-0.2, 0) is 0 Å². The van der Waals surface area contributed by atoms with E-state index in [1.54, 1.807) is 0 Å². The lowest BCUT2D eigenvalue weighted by molar-refractivity contribution is 0.0317. The van der Waals surface area contributed by atoms with Gasteiger partial charge in [0.25, 0.3) is 0 Å². The molecule has 1 N–H and O–H groups in total. The molecule has 2 heteroatoms. The first kappa shape index (κ1) is 12.4. The fraction of sp³-hybridized carbons (Fsp3) is 1.00. The standard InChI is InChI=1S/C14H28N2/c1-3-8-15-10-13-6-7-14(13)16-9-4-5-12(2)11-16/h12-15H,3-11H2,1-2H3. The van der Waals surface area contributed by atoms with Gasteiger partial charge in [-0.15, -0.1) is 0 Å². The topological polar surface area (TPSA) is 15.3 Å². The van der Waals surface area contributed by atoms with Crippen LogP contribution in [0.15, 0.2) is 0 Å². The van der Waals surface area contributed by atoms with E-state index >= 15 is 0 Å². The van der Waals surface area contributed by atoms with Gasteiger partial charge in [-0.25, -0.2) is 0 Å². The van der Waals surface area contributed by atoms with Crippen LogP contribution in [0.1, 0.15) is 46.0 Å². The highest BCUT2D eigenvalue weighted by atomic mass is 15.2. The second kappa shape index (κ2) is 6.02. The van der Waals surface area contributed by atoms with Crippen molar-refractivity contribution in [2.45, 2.75) is 52.0 Å². The van der Waals surface area contributed by atoms with Crippen LogP contribution in [0.25, 0.3) is 0 Å². The van der Waals surface area contributed by atoms with Crippen molar-refractivity contribution >= 4 is 0 Å². The molecular weight excluding hydrogens is 196 g/mol. The van der Waals surface area contributed by atoms with E-state index in [9.17, 15) is 0 Å². The molecule has 1 saturated carbocycles. The maximum atomic E-state index is 3.59. The van der Waals surface area contributed by atoms with Gasteiger partial charge in [0.15, 0.2) is 0 Å². The summed E-state index contributed by atoms with van der Waals surface area (Å²) in [6.07, 6.45) is 7.03. The summed E-state index contributed by atoms with van der Waals surface area (Å²) in [5, 5.41) is 3.59. The third-order valence-corrected chi connectivity index (χ3v) is 4.37. The lowest BCUT2D eigenvalue weighted by Crippen LogP contribution is -2.53. The predicted molar refractivity (Wildman–Crippen MR) is 69.6 cm³/mol. The Balaban J connectivity index is 1.72. The van der Waals surface area contributed by atoms with Crippen molar-refractivity contribution in [1.82, 2.24) is 10.2 Å². The number of rotatable bonds is 5. The van der Waals surface area contributed by atoms with Crippen molar-refractivity contribution in [3.63, 3.8) is 0 Å². The summed E-state index contributed by atoms with van der Waals surface area (Å²) < 4.78 is 0. The van der Waals surface area contributed by atoms with Gasteiger partial charge in [0.05, 0.1) is 0 Å². The Morgan fingerprint density at radius 1 is 1.25 bits per heavy atom. The molecule has 0 bridgehead atoms. The number of hydrogen-bond acceptors (Lipinski definition) is 2. The van der Waals surface area contributed by atoms with Crippen LogP contribution in [-0.4, -0.2) is 37.1 Å². The van der Waals surface area contributed by atoms with Crippen molar-refractivity contribution in [3.05, 3.63) is 0 Å². The molecule has 2 aliphatic rings. The van der Waals surface area contributed by atoms with Gasteiger partial charge in [0.1, 0.15) is 0 Å². The van der Waals surface area contributed by atoms with Gasteiger partial charge < -0.3 is 5.32 Å². The van der Waals surface area contributed by atoms with Gasteiger partial charge in [0.2, 0.25) is 0 Å². The third-order valence-electron chi connectivity index (χ3n) is 4.37. The molecular formula is C14H28N2. The number of likely N-dealkylation sites (tertiary alicyclic amines) is 1. The van der Waals surface area contributed by atoms with Crippen molar-refractivity contribution in [2.75, 3.05) is 26.2 Å². The van der Waals surface area contributed by atoms with Crippen LogP contribution >= 0.6 is 0 Å². The molecule has 16 heavy (non-hydrogen) atoms. The molecule has 2 nitrogen and oxygen atoms in total. The van der Waals surface area contributed by atoms with Crippen LogP contribution < -0.4 is 5.32 Å². The second-order valence-corrected chi connectivity index (χ2v) is 5.85. The van der Waals surface area contributed by atoms with E-state index in [0.717, 1.165) is 17.9 Å². The number of nitrogens with one attached hydrogen (secondary N) is 1. The molecule has 1 aliphatic carbocycles. The molecule has 1 heterocycles. The molecule has 3 atom stereocenters. The lowest BCUT2D eigenvalue weighted by atomic mass is 9.77. The monoisotopic (exact) mass is 224 g/mol. The Bertz CT molecular complexity index is 205. The first-order valence-corrected chi connectivity index (χ1v) is 7.26. The zero-order valence-corrected chi connectivity index (χ0v) is 11.0. The Labute approximate surface area is 101 Å². The van der Waals surface area contributed by atoms with Crippen molar-refractivity contribution < 1.29 is 0 Å². The average Bonchev–Trinajstić information content (AvgIpc) is 2.23. The molecule has 0 aromatic heterocycles. The lowest BCUT2D eigenvalue weighted by Gasteiger charge is -2.47. The van der Waals surface area contributed by atoms with E-state index in [-0.39, 0.29) is 0 Å². The molecule has 1 saturated heterocycles. The quantitative estimate of drug-likeness (QED) is 0.722. The van der Waals surface area contributed by atoms with Crippen LogP contribution in [0.5, 0.6) is 0 Å². The van der Waals surface area contributed by atoms with E-state index < -0.39 is 0 Å². The van der Waals surface area contributed by atoms with Gasteiger partial charge in [-0.2, -0.15) is 0 Å². The molecule has 0 amide bonds. The van der Waals surface area contributed by atoms with Gasteiger partial charge in [-0.3, -0.25) is 4.90 Å². The Morgan fingerprint density at radius 3 is 2.75 bits per heavy atom. The smallest absolute Gasteiger partial charge is 0.0136 e. The molecule has 3 unspecified atom stereocenters. The molecule has 0 aromatic carbocycles. The molecule has 2 fully saturated rings. The molecule has 2 rings (SSSR count). The SMILES string of the molecule is CCCNCC1CCC1N1CCCC(C)C1.